The van der Waals surface area contributed by atoms with Crippen molar-refractivity contribution in [3.8, 4) is 0 Å². The fourth-order valence-electron chi connectivity index (χ4n) is 2.55. The van der Waals surface area contributed by atoms with Gasteiger partial charge < -0.3 is 53.4 Å². The van der Waals surface area contributed by atoms with Crippen molar-refractivity contribution in [1.82, 2.24) is 4.90 Å². The molecule has 0 bridgehead atoms. The number of hydrogen-bond acceptors (Lipinski definition) is 21. The van der Waals surface area contributed by atoms with Crippen LogP contribution in [-0.4, -0.2) is 156 Å². The first-order valence-electron chi connectivity index (χ1n) is 13.8. The van der Waals surface area contributed by atoms with Gasteiger partial charge in [0.1, 0.15) is 84.7 Å². The zero-order valence-corrected chi connectivity index (χ0v) is 32.6. The van der Waals surface area contributed by atoms with Crippen molar-refractivity contribution in [3.63, 3.8) is 0 Å². The lowest BCUT2D eigenvalue weighted by Crippen LogP contribution is -2.32. The van der Waals surface area contributed by atoms with Crippen LogP contribution >= 0.6 is 12.2 Å². The molecule has 0 saturated heterocycles. The predicted octanol–water partition coefficient (Wildman–Crippen LogP) is 1.78. The SMILES string of the molecule is CON=C(C)C(=NOC)C(=O)O.CON=C(C)C(=NOC)C(=O)OC.CON=C(C)C(=NOC)C(=S)N(C)C.CON=C(C)C(=NOC)C(C)=O. The summed E-state index contributed by atoms with van der Waals surface area (Å²) < 4.78 is 4.45. The lowest BCUT2D eigenvalue weighted by molar-refractivity contribution is -0.132. The number of Topliss-reactive ketones (excluding diaryl/α,β-unsaturated/α-hetero) is 1. The molecule has 0 aliphatic carbocycles. The van der Waals surface area contributed by atoms with Gasteiger partial charge in [-0.3, -0.25) is 4.79 Å². The zero-order valence-electron chi connectivity index (χ0n) is 31.8. The summed E-state index contributed by atoms with van der Waals surface area (Å²) in [6.07, 6.45) is 0. The number of ketones is 1. The maximum absolute atomic E-state index is 11.0. The summed E-state index contributed by atoms with van der Waals surface area (Å²) in [6.45, 7) is 7.75. The number of rotatable bonds is 16. The Labute approximate surface area is 302 Å². The first kappa shape index (κ1) is 52.1. The number of carboxylic acid groups (broad SMARTS) is 1. The van der Waals surface area contributed by atoms with Crippen molar-refractivity contribution >= 4 is 80.6 Å². The van der Waals surface area contributed by atoms with E-state index < -0.39 is 11.9 Å². The highest BCUT2D eigenvalue weighted by Crippen LogP contribution is 1.95. The van der Waals surface area contributed by atoms with Crippen molar-refractivity contribution in [2.45, 2.75) is 34.6 Å². The Morgan fingerprint density at radius 2 is 0.745 bits per heavy atom. The standard InChI is InChI=1S/C8H15N3O2S.C7H12N2O4.C7H12N2O3.C6H10N2O4/c1-6(9-12-4)7(10-13-5)8(14)11(2)3;1-5(8-12-3)6(9-13-4)7(10)11-2;1-5(8-11-3)7(6(2)10)9-12-4;1-4(7-11-2)5(6(9)10)8-12-3/h1-5H3;1-4H3;1-4H3;1-3H3,(H,9,10). The van der Waals surface area contributed by atoms with Crippen LogP contribution in [0.1, 0.15) is 34.6 Å². The zero-order chi connectivity index (χ0) is 40.5. The molecule has 1 N–H and O–H groups in total. The van der Waals surface area contributed by atoms with Crippen molar-refractivity contribution in [2.75, 3.05) is 78.1 Å². The largest absolute Gasteiger partial charge is 0.476 e. The van der Waals surface area contributed by atoms with Gasteiger partial charge in [0.2, 0.25) is 11.4 Å². The van der Waals surface area contributed by atoms with Crippen LogP contribution in [0.2, 0.25) is 0 Å². The van der Waals surface area contributed by atoms with Gasteiger partial charge in [-0.1, -0.05) is 53.5 Å². The molecule has 0 atom stereocenters. The van der Waals surface area contributed by atoms with Crippen LogP contribution in [0.5, 0.6) is 0 Å². The number of carbonyl (C=O) groups excluding carboxylic acids is 2. The molecular weight excluding hydrogens is 702 g/mol. The number of nitrogens with zero attached hydrogens (tertiary/aromatic N) is 9. The van der Waals surface area contributed by atoms with E-state index >= 15 is 0 Å². The molecule has 0 radical (unpaired) electrons. The Morgan fingerprint density at radius 1 is 0.471 bits per heavy atom. The predicted molar refractivity (Wildman–Crippen MR) is 195 cm³/mol. The first-order valence-corrected chi connectivity index (χ1v) is 14.2. The number of oxime groups is 8. The van der Waals surface area contributed by atoms with Crippen molar-refractivity contribution in [2.24, 2.45) is 41.2 Å². The summed E-state index contributed by atoms with van der Waals surface area (Å²) in [6, 6.07) is 0. The molecule has 0 aromatic heterocycles. The third-order valence-electron chi connectivity index (χ3n) is 4.54. The molecule has 0 aromatic carbocycles. The van der Waals surface area contributed by atoms with E-state index in [0.717, 1.165) is 0 Å². The van der Waals surface area contributed by atoms with Gasteiger partial charge in [0.25, 0.3) is 0 Å². The third-order valence-corrected chi connectivity index (χ3v) is 5.10. The Balaban J connectivity index is -0.000000289. The van der Waals surface area contributed by atoms with E-state index in [4.69, 9.17) is 17.3 Å². The van der Waals surface area contributed by atoms with Crippen LogP contribution in [0.15, 0.2) is 41.2 Å². The molecule has 0 fully saturated rings. The van der Waals surface area contributed by atoms with E-state index in [0.29, 0.717) is 22.1 Å². The van der Waals surface area contributed by atoms with Crippen molar-refractivity contribution in [1.29, 1.82) is 0 Å². The molecule has 0 spiro atoms. The van der Waals surface area contributed by atoms with Gasteiger partial charge in [-0.25, -0.2) is 9.59 Å². The summed E-state index contributed by atoms with van der Waals surface area (Å²) in [4.78, 5) is 70.6. The van der Waals surface area contributed by atoms with Crippen LogP contribution in [0.4, 0.5) is 0 Å². The van der Waals surface area contributed by atoms with Crippen molar-refractivity contribution in [3.05, 3.63) is 0 Å². The minimum absolute atomic E-state index is 0.0214. The van der Waals surface area contributed by atoms with Gasteiger partial charge in [0.05, 0.1) is 7.11 Å². The maximum Gasteiger partial charge on any atom is 0.362 e. The number of methoxy groups -OCH3 is 1. The van der Waals surface area contributed by atoms with Gasteiger partial charge in [-0.05, 0) is 27.7 Å². The number of esters is 1. The molecule has 51 heavy (non-hydrogen) atoms. The monoisotopic (exact) mass is 751 g/mol. The molecule has 0 saturated carbocycles. The van der Waals surface area contributed by atoms with Gasteiger partial charge in [0, 0.05) is 21.0 Å². The van der Waals surface area contributed by atoms with E-state index in [2.05, 4.69) is 84.7 Å². The third kappa shape index (κ3) is 25.0. The summed E-state index contributed by atoms with van der Waals surface area (Å²) in [5.74, 6) is -2.05. The van der Waals surface area contributed by atoms with Crippen LogP contribution in [0.3, 0.4) is 0 Å². The quantitative estimate of drug-likeness (QED) is 0.102. The van der Waals surface area contributed by atoms with Gasteiger partial charge >= 0.3 is 11.9 Å². The Hall–Kier alpha value is -5.74. The van der Waals surface area contributed by atoms with Crippen LogP contribution < -0.4 is 0 Å². The van der Waals surface area contributed by atoms with Crippen molar-refractivity contribution < 1.29 is 62.9 Å². The Morgan fingerprint density at radius 3 is 1.04 bits per heavy atom. The van der Waals surface area contributed by atoms with E-state index in [-0.39, 0.29) is 34.3 Å². The topological polar surface area (TPSA) is 257 Å². The maximum atomic E-state index is 11.0. The lowest BCUT2D eigenvalue weighted by Gasteiger charge is -2.14. The Kier molecular flexibility index (Phi) is 33.5. The molecule has 290 valence electrons. The smallest absolute Gasteiger partial charge is 0.362 e. The first-order chi connectivity index (χ1) is 24.0. The molecule has 0 aromatic rings. The molecule has 0 rings (SSSR count). The molecule has 23 heteroatoms. The normalized spacial score (nSPS) is 12.5. The molecule has 0 aliphatic rings. The van der Waals surface area contributed by atoms with Crippen LogP contribution in [-0.2, 0) is 57.8 Å². The second-order valence-electron chi connectivity index (χ2n) is 8.48. The number of thiocarbonyl (C=S) groups is 1. The molecular formula is C28H49N9O13S. The highest BCUT2D eigenvalue weighted by Gasteiger charge is 2.17. The summed E-state index contributed by atoms with van der Waals surface area (Å²) in [5, 5.41) is 36.7. The molecule has 22 nitrogen and oxygen atoms in total. The summed E-state index contributed by atoms with van der Waals surface area (Å²) in [5.41, 5.74) is 1.77. The second-order valence-corrected chi connectivity index (χ2v) is 8.87. The lowest BCUT2D eigenvalue weighted by atomic mass is 10.2. The fraction of sp³-hybridized carbons (Fsp3) is 0.571. The number of carboxylic acids is 1. The number of ether oxygens (including phenoxy) is 1. The second kappa shape index (κ2) is 32.8. The van der Waals surface area contributed by atoms with Gasteiger partial charge in [0.15, 0.2) is 17.2 Å². The van der Waals surface area contributed by atoms with Crippen LogP contribution in [0.25, 0.3) is 0 Å². The number of hydrogen-bond donors (Lipinski definition) is 1. The average molecular weight is 752 g/mol. The molecule has 0 aliphatic heterocycles. The molecule has 0 amide bonds. The van der Waals surface area contributed by atoms with Gasteiger partial charge in [-0.15, -0.1) is 0 Å². The summed E-state index contributed by atoms with van der Waals surface area (Å²) in [7, 11) is 15.8. The highest BCUT2D eigenvalue weighted by atomic mass is 32.1. The van der Waals surface area contributed by atoms with Crippen LogP contribution in [0, 0.1) is 0 Å². The average Bonchev–Trinajstić information content (AvgIpc) is 3.07. The minimum atomic E-state index is -1.21. The number of aliphatic carboxylic acids is 1. The van der Waals surface area contributed by atoms with E-state index in [1.807, 2.05) is 14.1 Å². The molecule has 0 heterocycles. The van der Waals surface area contributed by atoms with E-state index in [1.54, 1.807) is 25.7 Å². The highest BCUT2D eigenvalue weighted by molar-refractivity contribution is 7.82. The van der Waals surface area contributed by atoms with Gasteiger partial charge in [-0.2, -0.15) is 0 Å². The number of carbonyl (C=O) groups is 3. The summed E-state index contributed by atoms with van der Waals surface area (Å²) >= 11 is 5.13. The molecule has 0 unspecified atom stereocenters. The van der Waals surface area contributed by atoms with E-state index in [9.17, 15) is 14.4 Å². The van der Waals surface area contributed by atoms with E-state index in [1.165, 1.54) is 77.8 Å². The minimum Gasteiger partial charge on any atom is -0.476 e. The Bertz CT molecular complexity index is 1290. The fourth-order valence-corrected chi connectivity index (χ4v) is 2.74.